The Morgan fingerprint density at radius 2 is 2.09 bits per heavy atom. The number of nitrogens with zero attached hydrogens (tertiary/aromatic N) is 4. The second-order valence-corrected chi connectivity index (χ2v) is 7.99. The first kappa shape index (κ1) is 15.7. The Morgan fingerprint density at radius 1 is 1.35 bits per heavy atom. The molecule has 23 heavy (non-hydrogen) atoms. The van der Waals surface area contributed by atoms with E-state index in [0.29, 0.717) is 18.5 Å². The third-order valence-corrected chi connectivity index (χ3v) is 5.84. The van der Waals surface area contributed by atoms with Crippen molar-refractivity contribution in [3.05, 3.63) is 48.0 Å². The molecule has 1 aromatic carbocycles. The molecular weight excluding hydrogens is 316 g/mol. The summed E-state index contributed by atoms with van der Waals surface area (Å²) >= 11 is 0. The zero-order chi connectivity index (χ0) is 16.4. The molecule has 0 radical (unpaired) electrons. The third kappa shape index (κ3) is 3.58. The van der Waals surface area contributed by atoms with Crippen molar-refractivity contribution in [2.24, 2.45) is 0 Å². The van der Waals surface area contributed by atoms with E-state index >= 15 is 0 Å². The fourth-order valence-corrected chi connectivity index (χ4v) is 4.48. The first-order chi connectivity index (χ1) is 10.9. The maximum absolute atomic E-state index is 12.5. The second-order valence-electron chi connectivity index (χ2n) is 5.76. The van der Waals surface area contributed by atoms with Crippen LogP contribution in [0.25, 0.3) is 0 Å². The summed E-state index contributed by atoms with van der Waals surface area (Å²) in [7, 11) is -1.34. The molecule has 122 valence electrons. The molecule has 7 nitrogen and oxygen atoms in total. The molecular formula is C15H18N4O3S. The van der Waals surface area contributed by atoms with Crippen molar-refractivity contribution in [1.82, 2.24) is 19.7 Å². The molecule has 0 aliphatic carbocycles. The van der Waals surface area contributed by atoms with Gasteiger partial charge in [0.15, 0.2) is 9.84 Å². The smallest absolute Gasteiger partial charge is 0.253 e. The van der Waals surface area contributed by atoms with Crippen LogP contribution >= 0.6 is 0 Å². The van der Waals surface area contributed by atoms with Gasteiger partial charge in [-0.2, -0.15) is 5.10 Å². The lowest BCUT2D eigenvalue weighted by Crippen LogP contribution is -2.37. The molecule has 1 fully saturated rings. The maximum atomic E-state index is 12.5. The van der Waals surface area contributed by atoms with Gasteiger partial charge in [0.1, 0.15) is 12.7 Å². The molecule has 8 heteroatoms. The Hall–Kier alpha value is -2.22. The highest BCUT2D eigenvalue weighted by atomic mass is 32.2. The van der Waals surface area contributed by atoms with Gasteiger partial charge in [-0.25, -0.2) is 18.1 Å². The Bertz CT molecular complexity index is 785. The van der Waals surface area contributed by atoms with E-state index in [1.165, 1.54) is 11.2 Å². The van der Waals surface area contributed by atoms with E-state index in [4.69, 9.17) is 0 Å². The van der Waals surface area contributed by atoms with Crippen molar-refractivity contribution in [3.8, 4) is 0 Å². The summed E-state index contributed by atoms with van der Waals surface area (Å²) in [6.07, 6.45) is 3.62. The number of amides is 1. The highest BCUT2D eigenvalue weighted by Crippen LogP contribution is 2.18. The molecule has 1 aromatic heterocycles. The van der Waals surface area contributed by atoms with Crippen LogP contribution in [0.2, 0.25) is 0 Å². The van der Waals surface area contributed by atoms with Gasteiger partial charge in [0.25, 0.3) is 5.91 Å². The van der Waals surface area contributed by atoms with E-state index < -0.39 is 9.84 Å². The van der Waals surface area contributed by atoms with Crippen LogP contribution in [0.4, 0.5) is 0 Å². The van der Waals surface area contributed by atoms with E-state index in [-0.39, 0.29) is 23.5 Å². The Kier molecular flexibility index (Phi) is 4.16. The SMILES string of the molecule is CN(C(=O)c1ccc(Cn2cncn2)cc1)C1CCS(=O)(=O)C1. The maximum Gasteiger partial charge on any atom is 0.253 e. The zero-order valence-electron chi connectivity index (χ0n) is 12.8. The standard InChI is InChI=1S/C15H18N4O3S/c1-18(14-6-7-23(21,22)9-14)15(20)13-4-2-12(3-5-13)8-19-11-16-10-17-19/h2-5,10-11,14H,6-9H2,1H3. The van der Waals surface area contributed by atoms with Crippen LogP contribution in [-0.4, -0.2) is 58.6 Å². The third-order valence-electron chi connectivity index (χ3n) is 4.09. The van der Waals surface area contributed by atoms with Gasteiger partial charge in [-0.3, -0.25) is 4.79 Å². The molecule has 1 atom stereocenters. The number of carbonyl (C=O) groups is 1. The average molecular weight is 334 g/mol. The van der Waals surface area contributed by atoms with E-state index in [1.807, 2.05) is 12.1 Å². The molecule has 1 unspecified atom stereocenters. The lowest BCUT2D eigenvalue weighted by atomic mass is 10.1. The Morgan fingerprint density at radius 3 is 2.65 bits per heavy atom. The largest absolute Gasteiger partial charge is 0.338 e. The molecule has 1 aliphatic rings. The van der Waals surface area contributed by atoms with Crippen molar-refractivity contribution in [1.29, 1.82) is 0 Å². The summed E-state index contributed by atoms with van der Waals surface area (Å²) in [5, 5.41) is 4.04. The van der Waals surface area contributed by atoms with Gasteiger partial charge in [0.2, 0.25) is 0 Å². The lowest BCUT2D eigenvalue weighted by molar-refractivity contribution is 0.0747. The molecule has 0 N–H and O–H groups in total. The van der Waals surface area contributed by atoms with Crippen molar-refractivity contribution < 1.29 is 13.2 Å². The topological polar surface area (TPSA) is 85.2 Å². The van der Waals surface area contributed by atoms with Gasteiger partial charge in [0, 0.05) is 18.7 Å². The summed E-state index contributed by atoms with van der Waals surface area (Å²) in [6.45, 7) is 0.588. The van der Waals surface area contributed by atoms with Gasteiger partial charge < -0.3 is 4.90 Å². The normalized spacial score (nSPS) is 19.6. The van der Waals surface area contributed by atoms with Crippen molar-refractivity contribution in [3.63, 3.8) is 0 Å². The van der Waals surface area contributed by atoms with Gasteiger partial charge in [-0.05, 0) is 24.1 Å². The van der Waals surface area contributed by atoms with Crippen LogP contribution in [0.3, 0.4) is 0 Å². The molecule has 1 amide bonds. The van der Waals surface area contributed by atoms with Gasteiger partial charge in [0.05, 0.1) is 18.1 Å². The molecule has 2 aromatic rings. The molecule has 0 spiro atoms. The van der Waals surface area contributed by atoms with Crippen molar-refractivity contribution in [2.45, 2.75) is 19.0 Å². The molecule has 0 saturated carbocycles. The molecule has 1 aliphatic heterocycles. The number of rotatable bonds is 4. The van der Waals surface area contributed by atoms with E-state index in [1.54, 1.807) is 30.2 Å². The van der Waals surface area contributed by atoms with E-state index in [9.17, 15) is 13.2 Å². The fourth-order valence-electron chi connectivity index (χ4n) is 2.70. The number of aromatic nitrogens is 3. The average Bonchev–Trinajstić information content (AvgIpc) is 3.16. The molecule has 0 bridgehead atoms. The highest BCUT2D eigenvalue weighted by molar-refractivity contribution is 7.91. The number of carbonyl (C=O) groups excluding carboxylic acids is 1. The predicted octanol–water partition coefficient (Wildman–Crippen LogP) is 0.586. The Balaban J connectivity index is 1.68. The Labute approximate surface area is 134 Å². The van der Waals surface area contributed by atoms with Crippen LogP contribution in [-0.2, 0) is 16.4 Å². The van der Waals surface area contributed by atoms with Crippen LogP contribution in [0.15, 0.2) is 36.9 Å². The number of hydrogen-bond donors (Lipinski definition) is 0. The molecule has 3 rings (SSSR count). The monoisotopic (exact) mass is 334 g/mol. The van der Waals surface area contributed by atoms with Crippen LogP contribution in [0, 0.1) is 0 Å². The van der Waals surface area contributed by atoms with Crippen molar-refractivity contribution in [2.75, 3.05) is 18.6 Å². The first-order valence-corrected chi connectivity index (χ1v) is 9.16. The summed E-state index contributed by atoms with van der Waals surface area (Å²) in [6, 6.07) is 7.02. The fraction of sp³-hybridized carbons (Fsp3) is 0.400. The second kappa shape index (κ2) is 6.11. The summed E-state index contributed by atoms with van der Waals surface area (Å²) in [5.41, 5.74) is 1.57. The van der Waals surface area contributed by atoms with Crippen LogP contribution in [0.1, 0.15) is 22.3 Å². The van der Waals surface area contributed by atoms with E-state index in [2.05, 4.69) is 10.1 Å². The minimum Gasteiger partial charge on any atom is -0.338 e. The predicted molar refractivity (Wildman–Crippen MR) is 84.7 cm³/mol. The minimum atomic E-state index is -3.00. The minimum absolute atomic E-state index is 0.0552. The van der Waals surface area contributed by atoms with E-state index in [0.717, 1.165) is 5.56 Å². The summed E-state index contributed by atoms with van der Waals surface area (Å²) in [4.78, 5) is 17.9. The zero-order valence-corrected chi connectivity index (χ0v) is 13.6. The van der Waals surface area contributed by atoms with Crippen molar-refractivity contribution >= 4 is 15.7 Å². The quantitative estimate of drug-likeness (QED) is 0.817. The number of benzene rings is 1. The molecule has 1 saturated heterocycles. The first-order valence-electron chi connectivity index (χ1n) is 7.33. The number of hydrogen-bond acceptors (Lipinski definition) is 5. The highest BCUT2D eigenvalue weighted by Gasteiger charge is 2.32. The summed E-state index contributed by atoms with van der Waals surface area (Å²) < 4.78 is 24.8. The molecule has 2 heterocycles. The van der Waals surface area contributed by atoms with Gasteiger partial charge in [-0.15, -0.1) is 0 Å². The van der Waals surface area contributed by atoms with Gasteiger partial charge >= 0.3 is 0 Å². The number of sulfone groups is 1. The van der Waals surface area contributed by atoms with Crippen LogP contribution in [0.5, 0.6) is 0 Å². The summed E-state index contributed by atoms with van der Waals surface area (Å²) in [5.74, 6) is 0.0607. The van der Waals surface area contributed by atoms with Gasteiger partial charge in [-0.1, -0.05) is 12.1 Å². The lowest BCUT2D eigenvalue weighted by Gasteiger charge is -2.23. The van der Waals surface area contributed by atoms with Crippen LogP contribution < -0.4 is 0 Å².